The van der Waals surface area contributed by atoms with E-state index in [1.807, 2.05) is 0 Å². The van der Waals surface area contributed by atoms with Gasteiger partial charge in [0.25, 0.3) is 0 Å². The van der Waals surface area contributed by atoms with E-state index in [0.717, 1.165) is 38.5 Å². The quantitative estimate of drug-likeness (QED) is 0.634. The average Bonchev–Trinajstić information content (AvgIpc) is 2.15. The minimum Gasteiger partial charge on any atom is -0.359 e. The molecule has 0 aromatic heterocycles. The van der Waals surface area contributed by atoms with Gasteiger partial charge in [-0.05, 0) is 12.8 Å². The highest BCUT2D eigenvalue weighted by molar-refractivity contribution is 5.91. The second-order valence-electron chi connectivity index (χ2n) is 3.80. The zero-order chi connectivity index (χ0) is 9.68. The van der Waals surface area contributed by atoms with E-state index >= 15 is 0 Å². The fourth-order valence-corrected chi connectivity index (χ4v) is 1.67. The van der Waals surface area contributed by atoms with Crippen molar-refractivity contribution < 1.29 is 9.53 Å². The molecular formula is C11H20O2. The summed E-state index contributed by atoms with van der Waals surface area (Å²) in [7, 11) is 0. The monoisotopic (exact) mass is 184 g/mol. The van der Waals surface area contributed by atoms with Crippen molar-refractivity contribution in [3.05, 3.63) is 0 Å². The number of rotatable bonds is 6. The lowest BCUT2D eigenvalue weighted by atomic mass is 9.94. The van der Waals surface area contributed by atoms with E-state index in [-0.39, 0.29) is 12.2 Å². The third kappa shape index (κ3) is 2.80. The predicted octanol–water partition coefficient (Wildman–Crippen LogP) is 2.70. The summed E-state index contributed by atoms with van der Waals surface area (Å²) < 4.78 is 5.51. The summed E-state index contributed by atoms with van der Waals surface area (Å²) in [5.74, 6) is 0.349. The first-order chi connectivity index (χ1) is 6.29. The molecule has 0 radical (unpaired) electrons. The molecule has 1 fully saturated rings. The maximum atomic E-state index is 11.4. The van der Waals surface area contributed by atoms with Crippen LogP contribution in [0.4, 0.5) is 0 Å². The highest BCUT2D eigenvalue weighted by Gasteiger charge is 2.38. The van der Waals surface area contributed by atoms with Crippen molar-refractivity contribution in [1.82, 2.24) is 0 Å². The smallest absolute Gasteiger partial charge is 0.190 e. The summed E-state index contributed by atoms with van der Waals surface area (Å²) in [5.41, 5.74) is 0. The van der Waals surface area contributed by atoms with E-state index in [0.29, 0.717) is 5.78 Å². The number of hydrogen-bond donors (Lipinski definition) is 0. The van der Waals surface area contributed by atoms with Crippen LogP contribution in [0.3, 0.4) is 0 Å². The van der Waals surface area contributed by atoms with Gasteiger partial charge in [0.1, 0.15) is 12.2 Å². The molecule has 1 aliphatic rings. The van der Waals surface area contributed by atoms with E-state index in [4.69, 9.17) is 4.74 Å². The maximum Gasteiger partial charge on any atom is 0.190 e. The first-order valence-corrected chi connectivity index (χ1v) is 5.48. The normalized spacial score (nSPS) is 27.4. The summed E-state index contributed by atoms with van der Waals surface area (Å²) in [6.45, 7) is 4.27. The molecule has 0 amide bonds. The molecule has 2 heteroatoms. The van der Waals surface area contributed by atoms with Crippen LogP contribution in [0.2, 0.25) is 0 Å². The van der Waals surface area contributed by atoms with Crippen molar-refractivity contribution in [2.24, 2.45) is 0 Å². The Hall–Kier alpha value is -0.370. The highest BCUT2D eigenvalue weighted by Crippen LogP contribution is 2.24. The molecule has 1 rings (SSSR count). The zero-order valence-corrected chi connectivity index (χ0v) is 8.71. The van der Waals surface area contributed by atoms with E-state index in [9.17, 15) is 4.79 Å². The second kappa shape index (κ2) is 5.38. The number of hydrogen-bond acceptors (Lipinski definition) is 2. The topological polar surface area (TPSA) is 26.3 Å². The number of unbranched alkanes of at least 4 members (excludes halogenated alkanes) is 2. The van der Waals surface area contributed by atoms with Crippen LogP contribution < -0.4 is 0 Å². The Kier molecular flexibility index (Phi) is 4.43. The molecule has 2 atom stereocenters. The van der Waals surface area contributed by atoms with Crippen molar-refractivity contribution in [2.75, 3.05) is 0 Å². The van der Waals surface area contributed by atoms with Gasteiger partial charge in [0.2, 0.25) is 0 Å². The molecule has 1 aliphatic heterocycles. The van der Waals surface area contributed by atoms with Crippen molar-refractivity contribution in [3.63, 3.8) is 0 Å². The molecule has 0 N–H and O–H groups in total. The first-order valence-electron chi connectivity index (χ1n) is 5.48. The summed E-state index contributed by atoms with van der Waals surface area (Å²) in [6.07, 6.45) is 6.26. The predicted molar refractivity (Wildman–Crippen MR) is 52.7 cm³/mol. The zero-order valence-electron chi connectivity index (χ0n) is 8.71. The van der Waals surface area contributed by atoms with Crippen molar-refractivity contribution in [3.8, 4) is 0 Å². The lowest BCUT2D eigenvalue weighted by Crippen LogP contribution is -2.49. The molecule has 2 nitrogen and oxygen atoms in total. The number of carbonyl (C=O) groups excluding carboxylic acids is 1. The van der Waals surface area contributed by atoms with Gasteiger partial charge in [0.05, 0.1) is 0 Å². The van der Waals surface area contributed by atoms with Gasteiger partial charge < -0.3 is 4.74 Å². The Morgan fingerprint density at radius 1 is 1.08 bits per heavy atom. The van der Waals surface area contributed by atoms with Crippen LogP contribution in [0.15, 0.2) is 0 Å². The Balaban J connectivity index is 2.11. The fourth-order valence-electron chi connectivity index (χ4n) is 1.67. The Morgan fingerprint density at radius 3 is 1.85 bits per heavy atom. The summed E-state index contributed by atoms with van der Waals surface area (Å²) in [5, 5.41) is 0. The van der Waals surface area contributed by atoms with Gasteiger partial charge in [-0.3, -0.25) is 4.79 Å². The number of carbonyl (C=O) groups is 1. The molecule has 0 unspecified atom stereocenters. The molecule has 1 heterocycles. The summed E-state index contributed by atoms with van der Waals surface area (Å²) in [4.78, 5) is 11.4. The minimum absolute atomic E-state index is 0.0539. The van der Waals surface area contributed by atoms with E-state index in [2.05, 4.69) is 13.8 Å². The molecule has 76 valence electrons. The van der Waals surface area contributed by atoms with Crippen LogP contribution in [-0.4, -0.2) is 18.0 Å². The van der Waals surface area contributed by atoms with Gasteiger partial charge >= 0.3 is 0 Å². The standard InChI is InChI=1S/C11H20O2/c1-3-5-7-9-11(12)10(13-9)8-6-4-2/h9-10H,3-8H2,1-2H3/t9-,10+. The molecular weight excluding hydrogens is 164 g/mol. The third-order valence-electron chi connectivity index (χ3n) is 2.60. The molecule has 1 saturated heterocycles. The van der Waals surface area contributed by atoms with Crippen LogP contribution in [0.25, 0.3) is 0 Å². The van der Waals surface area contributed by atoms with Gasteiger partial charge in [-0.25, -0.2) is 0 Å². The van der Waals surface area contributed by atoms with Crippen LogP contribution in [-0.2, 0) is 9.53 Å². The van der Waals surface area contributed by atoms with Gasteiger partial charge in [-0.1, -0.05) is 39.5 Å². The maximum absolute atomic E-state index is 11.4. The van der Waals surface area contributed by atoms with E-state index in [1.54, 1.807) is 0 Å². The molecule has 13 heavy (non-hydrogen) atoms. The van der Waals surface area contributed by atoms with Gasteiger partial charge in [-0.2, -0.15) is 0 Å². The number of ketones is 1. The van der Waals surface area contributed by atoms with Gasteiger partial charge in [-0.15, -0.1) is 0 Å². The van der Waals surface area contributed by atoms with Gasteiger partial charge in [0, 0.05) is 0 Å². The van der Waals surface area contributed by atoms with Crippen LogP contribution in [0.5, 0.6) is 0 Å². The van der Waals surface area contributed by atoms with Crippen molar-refractivity contribution in [1.29, 1.82) is 0 Å². The third-order valence-corrected chi connectivity index (χ3v) is 2.60. The molecule has 0 spiro atoms. The Morgan fingerprint density at radius 2 is 1.54 bits per heavy atom. The second-order valence-corrected chi connectivity index (χ2v) is 3.80. The largest absolute Gasteiger partial charge is 0.359 e. The number of ether oxygens (including phenoxy) is 1. The summed E-state index contributed by atoms with van der Waals surface area (Å²) >= 11 is 0. The van der Waals surface area contributed by atoms with Crippen molar-refractivity contribution in [2.45, 2.75) is 64.6 Å². The van der Waals surface area contributed by atoms with Crippen LogP contribution in [0.1, 0.15) is 52.4 Å². The minimum atomic E-state index is -0.0539. The SMILES string of the molecule is CCCC[C@@H]1O[C@H](CCCC)C1=O. The highest BCUT2D eigenvalue weighted by atomic mass is 16.5. The summed E-state index contributed by atoms with van der Waals surface area (Å²) in [6, 6.07) is 0. The van der Waals surface area contributed by atoms with E-state index in [1.165, 1.54) is 0 Å². The molecule has 0 saturated carbocycles. The Bertz CT molecular complexity index is 149. The molecule has 0 bridgehead atoms. The lowest BCUT2D eigenvalue weighted by Gasteiger charge is -2.34. The van der Waals surface area contributed by atoms with Crippen LogP contribution >= 0.6 is 0 Å². The van der Waals surface area contributed by atoms with E-state index < -0.39 is 0 Å². The van der Waals surface area contributed by atoms with Crippen molar-refractivity contribution >= 4 is 5.78 Å². The Labute approximate surface area is 80.7 Å². The number of Topliss-reactive ketones (excluding diaryl/α,β-unsaturated/α-hetero) is 1. The lowest BCUT2D eigenvalue weighted by molar-refractivity contribution is -0.174. The van der Waals surface area contributed by atoms with Gasteiger partial charge in [0.15, 0.2) is 5.78 Å². The molecule has 0 aromatic carbocycles. The van der Waals surface area contributed by atoms with Crippen LogP contribution in [0, 0.1) is 0 Å². The fraction of sp³-hybridized carbons (Fsp3) is 0.909. The molecule has 0 aliphatic carbocycles. The molecule has 0 aromatic rings. The average molecular weight is 184 g/mol. The first kappa shape index (κ1) is 10.7.